The molecule has 0 aliphatic heterocycles. The van der Waals surface area contributed by atoms with E-state index in [9.17, 15) is 26.7 Å². The Kier molecular flexibility index (Phi) is 5.39. The lowest BCUT2D eigenvalue weighted by Crippen LogP contribution is -2.19. The number of anilines is 1. The van der Waals surface area contributed by atoms with Gasteiger partial charge < -0.3 is 14.8 Å². The maximum absolute atomic E-state index is 13.8. The lowest BCUT2D eigenvalue weighted by Gasteiger charge is -2.11. The third-order valence-electron chi connectivity index (χ3n) is 3.75. The molecule has 0 aliphatic carbocycles. The van der Waals surface area contributed by atoms with E-state index in [-0.39, 0.29) is 28.8 Å². The lowest BCUT2D eigenvalue weighted by molar-refractivity contribution is 0.101. The van der Waals surface area contributed by atoms with Gasteiger partial charge in [0.2, 0.25) is 5.82 Å². The monoisotopic (exact) mass is 417 g/mol. The molecule has 3 rings (SSSR count). The normalized spacial score (nSPS) is 11.0. The molecule has 0 radical (unpaired) electrons. The van der Waals surface area contributed by atoms with Gasteiger partial charge in [0, 0.05) is 5.56 Å². The summed E-state index contributed by atoms with van der Waals surface area (Å²) >= 11 is 5.93. The first-order valence-corrected chi connectivity index (χ1v) is 7.94. The van der Waals surface area contributed by atoms with Crippen molar-refractivity contribution in [3.05, 3.63) is 75.8 Å². The van der Waals surface area contributed by atoms with Crippen molar-refractivity contribution in [1.82, 2.24) is 0 Å². The van der Waals surface area contributed by atoms with Crippen molar-refractivity contribution in [3.8, 4) is 11.3 Å². The molecule has 0 unspecified atom stereocenters. The summed E-state index contributed by atoms with van der Waals surface area (Å²) in [4.78, 5) is 12.2. The molecule has 0 bridgehead atoms. The molecule has 0 fully saturated rings. The van der Waals surface area contributed by atoms with Gasteiger partial charge in [0.1, 0.15) is 23.7 Å². The molecule has 0 atom stereocenters. The summed E-state index contributed by atoms with van der Waals surface area (Å²) in [6, 6.07) is 7.11. The fourth-order valence-corrected chi connectivity index (χ4v) is 2.55. The predicted octanol–water partition coefficient (Wildman–Crippen LogP) is 5.04. The van der Waals surface area contributed by atoms with Gasteiger partial charge in [-0.3, -0.25) is 4.79 Å². The van der Waals surface area contributed by atoms with Crippen LogP contribution in [0.15, 0.2) is 34.7 Å². The summed E-state index contributed by atoms with van der Waals surface area (Å²) < 4.78 is 72.6. The number of carbonyl (C=O) groups excluding carboxylic acids is 1. The minimum absolute atomic E-state index is 0.0603. The largest absolute Gasteiger partial charge is 0.459 e. The lowest BCUT2D eigenvalue weighted by atomic mass is 10.1. The molecule has 3 aromatic rings. The van der Waals surface area contributed by atoms with Crippen molar-refractivity contribution in [2.24, 2.45) is 0 Å². The van der Waals surface area contributed by atoms with Crippen molar-refractivity contribution in [2.75, 3.05) is 5.32 Å². The number of nitrogens with one attached hydrogen (secondary N) is 1. The average molecular weight is 418 g/mol. The second-order valence-electron chi connectivity index (χ2n) is 5.52. The van der Waals surface area contributed by atoms with Crippen LogP contribution in [0.5, 0.6) is 0 Å². The number of furan rings is 1. The molecule has 2 aromatic carbocycles. The zero-order valence-electron chi connectivity index (χ0n) is 13.6. The van der Waals surface area contributed by atoms with Gasteiger partial charge >= 0.3 is 0 Å². The van der Waals surface area contributed by atoms with Crippen LogP contribution in [0.4, 0.5) is 27.6 Å². The number of aliphatic hydroxyl groups is 1. The van der Waals surface area contributed by atoms with Crippen LogP contribution in [0, 0.1) is 29.1 Å². The molecule has 0 saturated heterocycles. The molecule has 1 aromatic heterocycles. The van der Waals surface area contributed by atoms with Crippen LogP contribution in [0.2, 0.25) is 5.02 Å². The highest BCUT2D eigenvalue weighted by Gasteiger charge is 2.30. The Morgan fingerprint density at radius 3 is 2.14 bits per heavy atom. The van der Waals surface area contributed by atoms with Crippen molar-refractivity contribution in [2.45, 2.75) is 6.61 Å². The molecule has 1 amide bonds. The minimum atomic E-state index is -2.37. The Morgan fingerprint density at radius 2 is 1.57 bits per heavy atom. The van der Waals surface area contributed by atoms with Crippen LogP contribution in [0.3, 0.4) is 0 Å². The summed E-state index contributed by atoms with van der Waals surface area (Å²) in [5.41, 5.74) is -1.43. The molecule has 10 heteroatoms. The Labute approximate surface area is 159 Å². The van der Waals surface area contributed by atoms with Crippen LogP contribution in [0.1, 0.15) is 16.1 Å². The van der Waals surface area contributed by atoms with Gasteiger partial charge in [-0.2, -0.15) is 0 Å². The van der Waals surface area contributed by atoms with E-state index in [1.54, 1.807) is 0 Å². The van der Waals surface area contributed by atoms with Crippen LogP contribution in [0.25, 0.3) is 11.3 Å². The molecule has 4 nitrogen and oxygen atoms in total. The summed E-state index contributed by atoms with van der Waals surface area (Å²) in [5.74, 6) is -12.4. The highest BCUT2D eigenvalue weighted by Crippen LogP contribution is 2.31. The SMILES string of the molecule is O=C(Nc1cc(-c2ccc(CO)o2)ccc1Cl)c1c(F)c(F)c(F)c(F)c1F. The van der Waals surface area contributed by atoms with E-state index >= 15 is 0 Å². The van der Waals surface area contributed by atoms with Gasteiger partial charge in [-0.15, -0.1) is 0 Å². The quantitative estimate of drug-likeness (QED) is 0.355. The molecule has 0 aliphatic rings. The molecule has 1 heterocycles. The number of halogens is 6. The number of amides is 1. The Morgan fingerprint density at radius 1 is 0.964 bits per heavy atom. The summed E-state index contributed by atoms with van der Waals surface area (Å²) in [7, 11) is 0. The Bertz CT molecular complexity index is 1050. The van der Waals surface area contributed by atoms with E-state index in [4.69, 9.17) is 21.1 Å². The smallest absolute Gasteiger partial charge is 0.261 e. The maximum Gasteiger partial charge on any atom is 0.261 e. The van der Waals surface area contributed by atoms with E-state index < -0.39 is 40.6 Å². The molecular formula is C18H9ClF5NO3. The van der Waals surface area contributed by atoms with Crippen LogP contribution in [-0.2, 0) is 6.61 Å². The molecule has 2 N–H and O–H groups in total. The summed E-state index contributed by atoms with van der Waals surface area (Å²) in [6.07, 6.45) is 0. The predicted molar refractivity (Wildman–Crippen MR) is 89.3 cm³/mol. The van der Waals surface area contributed by atoms with Crippen LogP contribution >= 0.6 is 11.6 Å². The maximum atomic E-state index is 13.8. The second kappa shape index (κ2) is 7.61. The molecule has 146 valence electrons. The van der Waals surface area contributed by atoms with Gasteiger partial charge in [0.15, 0.2) is 23.3 Å². The van der Waals surface area contributed by atoms with Crippen LogP contribution in [-0.4, -0.2) is 11.0 Å². The first-order valence-electron chi connectivity index (χ1n) is 7.56. The van der Waals surface area contributed by atoms with Gasteiger partial charge in [-0.1, -0.05) is 11.6 Å². The van der Waals surface area contributed by atoms with E-state index in [2.05, 4.69) is 0 Å². The van der Waals surface area contributed by atoms with Gasteiger partial charge in [0.05, 0.1) is 10.7 Å². The van der Waals surface area contributed by atoms with E-state index in [0.29, 0.717) is 5.56 Å². The third-order valence-corrected chi connectivity index (χ3v) is 4.08. The number of carbonyl (C=O) groups is 1. The van der Waals surface area contributed by atoms with E-state index in [1.807, 2.05) is 5.32 Å². The number of hydrogen-bond acceptors (Lipinski definition) is 3. The summed E-state index contributed by atoms with van der Waals surface area (Å²) in [6.45, 7) is -0.350. The van der Waals surface area contributed by atoms with Crippen molar-refractivity contribution in [1.29, 1.82) is 0 Å². The first-order chi connectivity index (χ1) is 13.2. The fraction of sp³-hybridized carbons (Fsp3) is 0.0556. The molecule has 0 spiro atoms. The van der Waals surface area contributed by atoms with Crippen molar-refractivity contribution >= 4 is 23.2 Å². The van der Waals surface area contributed by atoms with Crippen LogP contribution < -0.4 is 5.32 Å². The standard InChI is InChI=1S/C18H9ClF5NO3/c19-9-3-1-7(11-4-2-8(6-26)28-11)5-10(9)25-18(27)12-13(20)15(22)17(24)16(23)14(12)21/h1-5,26H,6H2,(H,25,27). The Hall–Kier alpha value is -2.91. The van der Waals surface area contributed by atoms with Crippen molar-refractivity contribution < 1.29 is 36.3 Å². The highest BCUT2D eigenvalue weighted by molar-refractivity contribution is 6.34. The second-order valence-corrected chi connectivity index (χ2v) is 5.92. The van der Waals surface area contributed by atoms with E-state index in [1.165, 1.54) is 30.3 Å². The Balaban J connectivity index is 1.98. The molecule has 28 heavy (non-hydrogen) atoms. The number of hydrogen-bond donors (Lipinski definition) is 2. The van der Waals surface area contributed by atoms with Crippen molar-refractivity contribution in [3.63, 3.8) is 0 Å². The number of rotatable bonds is 4. The van der Waals surface area contributed by atoms with Gasteiger partial charge in [0.25, 0.3) is 5.91 Å². The van der Waals surface area contributed by atoms with Gasteiger partial charge in [-0.25, -0.2) is 22.0 Å². The minimum Gasteiger partial charge on any atom is -0.459 e. The number of aliphatic hydroxyl groups excluding tert-OH is 1. The first kappa shape index (κ1) is 19.8. The average Bonchev–Trinajstić information content (AvgIpc) is 3.16. The topological polar surface area (TPSA) is 62.5 Å². The zero-order chi connectivity index (χ0) is 20.6. The molecular weight excluding hydrogens is 409 g/mol. The van der Waals surface area contributed by atoms with E-state index in [0.717, 1.165) is 0 Å². The summed E-state index contributed by atoms with van der Waals surface area (Å²) in [5, 5.41) is 11.0. The molecule has 0 saturated carbocycles. The van der Waals surface area contributed by atoms with Gasteiger partial charge in [-0.05, 0) is 30.3 Å². The fourth-order valence-electron chi connectivity index (χ4n) is 2.38. The third kappa shape index (κ3) is 3.46. The number of benzene rings is 2. The zero-order valence-corrected chi connectivity index (χ0v) is 14.4. The highest BCUT2D eigenvalue weighted by atomic mass is 35.5.